The van der Waals surface area contributed by atoms with E-state index >= 15 is 0 Å². The molecule has 3 rings (SSSR count). The van der Waals surface area contributed by atoms with Crippen molar-refractivity contribution in [2.45, 2.75) is 38.0 Å². The number of methoxy groups -OCH3 is 1. The summed E-state index contributed by atoms with van der Waals surface area (Å²) in [5.41, 5.74) is 2.78. The van der Waals surface area contributed by atoms with Crippen LogP contribution in [0.2, 0.25) is 0 Å². The molecule has 0 bridgehead atoms. The molecule has 0 unspecified atom stereocenters. The van der Waals surface area contributed by atoms with Gasteiger partial charge in [-0.2, -0.15) is 0 Å². The van der Waals surface area contributed by atoms with Crippen molar-refractivity contribution in [3.8, 4) is 5.75 Å². The SMILES string of the molecule is C=CCC[C@@H](O)CN(Cc1cccc(OC)c1)C[C@@H]1CC(c2ccc(F)cc2)=NO1. The van der Waals surface area contributed by atoms with Crippen LogP contribution in [-0.4, -0.2) is 48.1 Å². The highest BCUT2D eigenvalue weighted by molar-refractivity contribution is 6.01. The molecule has 0 saturated carbocycles. The average molecular weight is 413 g/mol. The minimum atomic E-state index is -0.451. The number of nitrogens with zero attached hydrogens (tertiary/aromatic N) is 2. The van der Waals surface area contributed by atoms with Gasteiger partial charge in [0.05, 0.1) is 18.9 Å². The van der Waals surface area contributed by atoms with Crippen LogP contribution in [-0.2, 0) is 11.4 Å². The number of hydrogen-bond donors (Lipinski definition) is 1. The Labute approximate surface area is 177 Å². The minimum absolute atomic E-state index is 0.123. The number of hydrogen-bond acceptors (Lipinski definition) is 5. The van der Waals surface area contributed by atoms with Crippen molar-refractivity contribution in [2.24, 2.45) is 5.16 Å². The number of halogens is 1. The third-order valence-corrected chi connectivity index (χ3v) is 5.09. The van der Waals surface area contributed by atoms with Gasteiger partial charge in [-0.1, -0.05) is 35.5 Å². The van der Waals surface area contributed by atoms with Gasteiger partial charge in [0.25, 0.3) is 0 Å². The van der Waals surface area contributed by atoms with Crippen LogP contribution in [0.25, 0.3) is 0 Å². The molecule has 0 spiro atoms. The zero-order valence-corrected chi connectivity index (χ0v) is 17.3. The summed E-state index contributed by atoms with van der Waals surface area (Å²) < 4.78 is 18.5. The van der Waals surface area contributed by atoms with Gasteiger partial charge in [0.15, 0.2) is 0 Å². The summed E-state index contributed by atoms with van der Waals surface area (Å²) in [6.07, 6.45) is 3.32. The molecule has 0 radical (unpaired) electrons. The van der Waals surface area contributed by atoms with Crippen LogP contribution < -0.4 is 4.74 Å². The van der Waals surface area contributed by atoms with E-state index in [1.165, 1.54) is 12.1 Å². The zero-order chi connectivity index (χ0) is 21.3. The molecule has 1 N–H and O–H groups in total. The highest BCUT2D eigenvalue weighted by Gasteiger charge is 2.25. The van der Waals surface area contributed by atoms with E-state index < -0.39 is 6.10 Å². The van der Waals surface area contributed by atoms with Crippen LogP contribution in [0.4, 0.5) is 4.39 Å². The molecule has 2 aromatic carbocycles. The largest absolute Gasteiger partial charge is 0.497 e. The summed E-state index contributed by atoms with van der Waals surface area (Å²) in [6, 6.07) is 14.2. The summed E-state index contributed by atoms with van der Waals surface area (Å²) in [4.78, 5) is 7.83. The molecule has 6 heteroatoms. The van der Waals surface area contributed by atoms with Crippen molar-refractivity contribution in [2.75, 3.05) is 20.2 Å². The summed E-state index contributed by atoms with van der Waals surface area (Å²) in [6.45, 7) is 5.53. The van der Waals surface area contributed by atoms with E-state index in [-0.39, 0.29) is 11.9 Å². The molecule has 5 nitrogen and oxygen atoms in total. The Morgan fingerprint density at radius 3 is 2.87 bits per heavy atom. The zero-order valence-electron chi connectivity index (χ0n) is 17.3. The van der Waals surface area contributed by atoms with Crippen molar-refractivity contribution in [1.82, 2.24) is 4.90 Å². The first-order valence-corrected chi connectivity index (χ1v) is 10.2. The second-order valence-corrected chi connectivity index (χ2v) is 7.54. The third kappa shape index (κ3) is 6.40. The molecular weight excluding hydrogens is 383 g/mol. The lowest BCUT2D eigenvalue weighted by molar-refractivity contribution is 0.0308. The number of benzene rings is 2. The van der Waals surface area contributed by atoms with Crippen LogP contribution >= 0.6 is 0 Å². The molecule has 0 aromatic heterocycles. The normalized spacial score (nSPS) is 16.8. The van der Waals surface area contributed by atoms with Gasteiger partial charge in [0.1, 0.15) is 17.7 Å². The smallest absolute Gasteiger partial charge is 0.145 e. The van der Waals surface area contributed by atoms with Crippen molar-refractivity contribution in [3.63, 3.8) is 0 Å². The van der Waals surface area contributed by atoms with Crippen LogP contribution in [0.1, 0.15) is 30.4 Å². The van der Waals surface area contributed by atoms with E-state index in [0.29, 0.717) is 32.5 Å². The Morgan fingerprint density at radius 1 is 1.33 bits per heavy atom. The average Bonchev–Trinajstić information content (AvgIpc) is 3.21. The number of ether oxygens (including phenoxy) is 1. The van der Waals surface area contributed by atoms with E-state index in [2.05, 4.69) is 16.6 Å². The summed E-state index contributed by atoms with van der Waals surface area (Å²) in [7, 11) is 1.65. The second-order valence-electron chi connectivity index (χ2n) is 7.54. The van der Waals surface area contributed by atoms with Gasteiger partial charge >= 0.3 is 0 Å². The van der Waals surface area contributed by atoms with Gasteiger partial charge in [-0.05, 0) is 48.2 Å². The lowest BCUT2D eigenvalue weighted by atomic mass is 10.0. The van der Waals surface area contributed by atoms with Crippen LogP contribution in [0, 0.1) is 5.82 Å². The van der Waals surface area contributed by atoms with Gasteiger partial charge in [-0.15, -0.1) is 6.58 Å². The van der Waals surface area contributed by atoms with E-state index in [0.717, 1.165) is 29.0 Å². The molecular formula is C24H29FN2O3. The molecule has 0 amide bonds. The highest BCUT2D eigenvalue weighted by Crippen LogP contribution is 2.20. The summed E-state index contributed by atoms with van der Waals surface area (Å²) in [5, 5.41) is 14.6. The first kappa shape index (κ1) is 22.0. The maximum Gasteiger partial charge on any atom is 0.145 e. The fourth-order valence-electron chi connectivity index (χ4n) is 3.56. The van der Waals surface area contributed by atoms with Gasteiger partial charge in [-0.3, -0.25) is 4.90 Å². The molecule has 0 saturated heterocycles. The molecule has 1 aliphatic heterocycles. The highest BCUT2D eigenvalue weighted by atomic mass is 19.1. The second kappa shape index (κ2) is 10.9. The number of aliphatic hydroxyl groups is 1. The monoisotopic (exact) mass is 412 g/mol. The Balaban J connectivity index is 1.64. The Kier molecular flexibility index (Phi) is 7.99. The quantitative estimate of drug-likeness (QED) is 0.563. The van der Waals surface area contributed by atoms with Crippen LogP contribution in [0.3, 0.4) is 0 Å². The molecule has 2 aromatic rings. The third-order valence-electron chi connectivity index (χ3n) is 5.09. The van der Waals surface area contributed by atoms with E-state index in [9.17, 15) is 9.50 Å². The maximum atomic E-state index is 13.2. The fraction of sp³-hybridized carbons (Fsp3) is 0.375. The summed E-state index contributed by atoms with van der Waals surface area (Å²) >= 11 is 0. The van der Waals surface area contributed by atoms with E-state index in [4.69, 9.17) is 9.57 Å². The molecule has 2 atom stereocenters. The van der Waals surface area contributed by atoms with Crippen LogP contribution in [0.5, 0.6) is 5.75 Å². The Hall–Kier alpha value is -2.70. The maximum absolute atomic E-state index is 13.2. The number of allylic oxidation sites excluding steroid dienone is 1. The lowest BCUT2D eigenvalue weighted by Gasteiger charge is -2.27. The first-order chi connectivity index (χ1) is 14.6. The minimum Gasteiger partial charge on any atom is -0.497 e. The predicted molar refractivity (Wildman–Crippen MR) is 116 cm³/mol. The molecule has 0 aliphatic carbocycles. The van der Waals surface area contributed by atoms with Crippen molar-refractivity contribution >= 4 is 5.71 Å². The topological polar surface area (TPSA) is 54.3 Å². The number of rotatable bonds is 11. The standard InChI is InChI=1S/C24H29FN2O3/c1-3-4-7-21(28)16-27(15-18-6-5-8-22(13-18)29-2)17-23-14-24(26-30-23)19-9-11-20(25)12-10-19/h3,5-6,8-13,21,23,28H,1,4,7,14-17H2,2H3/t21-,23+/m1/s1. The van der Waals surface area contributed by atoms with Gasteiger partial charge in [0.2, 0.25) is 0 Å². The molecule has 30 heavy (non-hydrogen) atoms. The number of aliphatic hydroxyl groups excluding tert-OH is 1. The predicted octanol–water partition coefficient (Wildman–Crippen LogP) is 4.16. The Bertz CT molecular complexity index is 854. The number of oxime groups is 1. The fourth-order valence-corrected chi connectivity index (χ4v) is 3.56. The lowest BCUT2D eigenvalue weighted by Crippen LogP contribution is -2.37. The first-order valence-electron chi connectivity index (χ1n) is 10.2. The van der Waals surface area contributed by atoms with E-state index in [1.807, 2.05) is 30.3 Å². The van der Waals surface area contributed by atoms with Crippen LogP contribution in [0.15, 0.2) is 66.3 Å². The molecule has 160 valence electrons. The van der Waals surface area contributed by atoms with Crippen molar-refractivity contribution in [1.29, 1.82) is 0 Å². The molecule has 1 aliphatic rings. The Morgan fingerprint density at radius 2 is 2.13 bits per heavy atom. The molecule has 0 fully saturated rings. The van der Waals surface area contributed by atoms with Gasteiger partial charge in [-0.25, -0.2) is 4.39 Å². The van der Waals surface area contributed by atoms with Crippen molar-refractivity contribution < 1.29 is 19.1 Å². The van der Waals surface area contributed by atoms with E-state index in [1.54, 1.807) is 19.2 Å². The van der Waals surface area contributed by atoms with Gasteiger partial charge < -0.3 is 14.7 Å². The van der Waals surface area contributed by atoms with Crippen molar-refractivity contribution in [3.05, 3.63) is 78.1 Å². The molecule has 1 heterocycles. The summed E-state index contributed by atoms with van der Waals surface area (Å²) in [5.74, 6) is 0.534. The van der Waals surface area contributed by atoms with Gasteiger partial charge in [0, 0.05) is 26.1 Å².